The molecular weight excluding hydrogens is 343 g/mol. The van der Waals surface area contributed by atoms with Gasteiger partial charge in [-0.15, -0.1) is 0 Å². The van der Waals surface area contributed by atoms with Crippen molar-refractivity contribution in [3.63, 3.8) is 0 Å². The summed E-state index contributed by atoms with van der Waals surface area (Å²) in [6, 6.07) is 4.16. The fraction of sp³-hybridized carbons (Fsp3) is 0.625. The maximum atomic E-state index is 12.6. The first kappa shape index (κ1) is 16.7. The number of anilines is 1. The van der Waals surface area contributed by atoms with Crippen LogP contribution in [0, 0.1) is 5.92 Å². The van der Waals surface area contributed by atoms with E-state index < -0.39 is 11.7 Å². The van der Waals surface area contributed by atoms with Crippen LogP contribution in [-0.4, -0.2) is 6.04 Å². The number of rotatable bonds is 4. The highest BCUT2D eigenvalue weighted by molar-refractivity contribution is 9.10. The predicted molar refractivity (Wildman–Crippen MR) is 83.4 cm³/mol. The van der Waals surface area contributed by atoms with Gasteiger partial charge in [0.05, 0.1) is 5.56 Å². The number of hydrogen-bond acceptors (Lipinski definition) is 1. The standard InChI is InChI=1S/C16H21BrF3N/c1-2-3-11-4-7-13(8-5-11)21-15-9-6-12(10-14(15)17)16(18,19)20/h6,9-11,13,21H,2-5,7-8H2,1H3. The second-order valence-electron chi connectivity index (χ2n) is 5.84. The second kappa shape index (κ2) is 7.03. The molecule has 0 atom stereocenters. The highest BCUT2D eigenvalue weighted by atomic mass is 79.9. The first-order valence-electron chi connectivity index (χ1n) is 7.53. The SMILES string of the molecule is CCCC1CCC(Nc2ccc(C(F)(F)F)cc2Br)CC1. The number of nitrogens with one attached hydrogen (secondary N) is 1. The van der Waals surface area contributed by atoms with Gasteiger partial charge >= 0.3 is 6.18 Å². The average Bonchev–Trinajstić information content (AvgIpc) is 2.42. The summed E-state index contributed by atoms with van der Waals surface area (Å²) < 4.78 is 38.4. The van der Waals surface area contributed by atoms with Crippen LogP contribution in [0.3, 0.4) is 0 Å². The lowest BCUT2D eigenvalue weighted by Crippen LogP contribution is -2.26. The number of alkyl halides is 3. The third-order valence-electron chi connectivity index (χ3n) is 4.20. The monoisotopic (exact) mass is 363 g/mol. The molecule has 0 bridgehead atoms. The van der Waals surface area contributed by atoms with Gasteiger partial charge in [-0.1, -0.05) is 19.8 Å². The maximum absolute atomic E-state index is 12.6. The smallest absolute Gasteiger partial charge is 0.381 e. The number of hydrogen-bond donors (Lipinski definition) is 1. The van der Waals surface area contributed by atoms with Crippen molar-refractivity contribution in [2.45, 2.75) is 57.7 Å². The van der Waals surface area contributed by atoms with Crippen LogP contribution in [0.5, 0.6) is 0 Å². The van der Waals surface area contributed by atoms with Gasteiger partial charge in [0.15, 0.2) is 0 Å². The van der Waals surface area contributed by atoms with Crippen molar-refractivity contribution < 1.29 is 13.2 Å². The van der Waals surface area contributed by atoms with Gasteiger partial charge in [-0.25, -0.2) is 0 Å². The zero-order valence-electron chi connectivity index (χ0n) is 12.1. The number of benzene rings is 1. The van der Waals surface area contributed by atoms with Crippen molar-refractivity contribution >= 4 is 21.6 Å². The molecule has 1 aliphatic carbocycles. The molecule has 1 N–H and O–H groups in total. The molecule has 1 saturated carbocycles. The molecular formula is C16H21BrF3N. The van der Waals surface area contributed by atoms with Crippen LogP contribution in [0.4, 0.5) is 18.9 Å². The molecule has 0 aliphatic heterocycles. The molecule has 1 aromatic carbocycles. The third-order valence-corrected chi connectivity index (χ3v) is 4.86. The third kappa shape index (κ3) is 4.63. The Morgan fingerprint density at radius 2 is 1.86 bits per heavy atom. The molecule has 1 aliphatic rings. The van der Waals surface area contributed by atoms with Crippen LogP contribution >= 0.6 is 15.9 Å². The maximum Gasteiger partial charge on any atom is 0.416 e. The van der Waals surface area contributed by atoms with E-state index in [1.807, 2.05) is 0 Å². The molecule has 1 aromatic rings. The minimum Gasteiger partial charge on any atom is -0.381 e. The summed E-state index contributed by atoms with van der Waals surface area (Å²) in [5.74, 6) is 0.823. The van der Waals surface area contributed by atoms with Crippen molar-refractivity contribution in [2.24, 2.45) is 5.92 Å². The Morgan fingerprint density at radius 3 is 2.38 bits per heavy atom. The average molecular weight is 364 g/mol. The minimum atomic E-state index is -4.29. The topological polar surface area (TPSA) is 12.0 Å². The van der Waals surface area contributed by atoms with Crippen molar-refractivity contribution in [1.29, 1.82) is 0 Å². The fourth-order valence-corrected chi connectivity index (χ4v) is 3.53. The number of halogens is 4. The lowest BCUT2D eigenvalue weighted by atomic mass is 9.83. The van der Waals surface area contributed by atoms with E-state index in [0.717, 1.165) is 36.6 Å². The Balaban J connectivity index is 1.95. The van der Waals surface area contributed by atoms with E-state index in [-0.39, 0.29) is 0 Å². The second-order valence-corrected chi connectivity index (χ2v) is 6.70. The van der Waals surface area contributed by atoms with Gasteiger partial charge in [-0.2, -0.15) is 13.2 Å². The molecule has 0 spiro atoms. The zero-order valence-corrected chi connectivity index (χ0v) is 13.7. The summed E-state index contributed by atoms with van der Waals surface area (Å²) in [7, 11) is 0. The molecule has 0 saturated heterocycles. The van der Waals surface area contributed by atoms with E-state index in [9.17, 15) is 13.2 Å². The van der Waals surface area contributed by atoms with Crippen molar-refractivity contribution in [1.82, 2.24) is 0 Å². The highest BCUT2D eigenvalue weighted by Gasteiger charge is 2.31. The molecule has 1 fully saturated rings. The summed E-state index contributed by atoms with van der Waals surface area (Å²) in [4.78, 5) is 0. The normalized spacial score (nSPS) is 23.1. The van der Waals surface area contributed by atoms with Crippen molar-refractivity contribution in [3.8, 4) is 0 Å². The molecule has 21 heavy (non-hydrogen) atoms. The summed E-state index contributed by atoms with van der Waals surface area (Å²) in [6.45, 7) is 2.21. The van der Waals surface area contributed by atoms with Gasteiger partial charge in [0, 0.05) is 16.2 Å². The van der Waals surface area contributed by atoms with E-state index >= 15 is 0 Å². The largest absolute Gasteiger partial charge is 0.416 e. The lowest BCUT2D eigenvalue weighted by Gasteiger charge is -2.30. The molecule has 118 valence electrons. The Labute approximate surface area is 132 Å². The molecule has 2 rings (SSSR count). The van der Waals surface area contributed by atoms with Crippen LogP contribution in [0.1, 0.15) is 51.0 Å². The first-order valence-corrected chi connectivity index (χ1v) is 8.32. The Hall–Kier alpha value is -0.710. The van der Waals surface area contributed by atoms with Crippen LogP contribution < -0.4 is 5.32 Å². The summed E-state index contributed by atoms with van der Waals surface area (Å²) >= 11 is 3.24. The summed E-state index contributed by atoms with van der Waals surface area (Å²) in [6.07, 6.45) is 2.84. The van der Waals surface area contributed by atoms with Crippen LogP contribution in [0.25, 0.3) is 0 Å². The van der Waals surface area contributed by atoms with Gasteiger partial charge in [-0.3, -0.25) is 0 Å². The van der Waals surface area contributed by atoms with Gasteiger partial charge < -0.3 is 5.32 Å². The Morgan fingerprint density at radius 1 is 1.19 bits per heavy atom. The molecule has 0 heterocycles. The van der Waals surface area contributed by atoms with Crippen molar-refractivity contribution in [3.05, 3.63) is 28.2 Å². The van der Waals surface area contributed by atoms with Gasteiger partial charge in [0.2, 0.25) is 0 Å². The molecule has 0 aromatic heterocycles. The van der Waals surface area contributed by atoms with E-state index in [0.29, 0.717) is 10.5 Å². The van der Waals surface area contributed by atoms with E-state index in [2.05, 4.69) is 28.2 Å². The van der Waals surface area contributed by atoms with E-state index in [1.54, 1.807) is 0 Å². The van der Waals surface area contributed by atoms with Gasteiger partial charge in [0.25, 0.3) is 0 Å². The molecule has 0 amide bonds. The molecule has 1 nitrogen and oxygen atoms in total. The Kier molecular flexibility index (Phi) is 5.58. The predicted octanol–water partition coefficient (Wildman–Crippen LogP) is 6.24. The molecule has 5 heteroatoms. The fourth-order valence-electron chi connectivity index (χ4n) is 3.03. The van der Waals surface area contributed by atoms with E-state index in [4.69, 9.17) is 0 Å². The highest BCUT2D eigenvalue weighted by Crippen LogP contribution is 2.35. The van der Waals surface area contributed by atoms with Crippen molar-refractivity contribution in [2.75, 3.05) is 5.32 Å². The van der Waals surface area contributed by atoms with Crippen LogP contribution in [0.2, 0.25) is 0 Å². The zero-order chi connectivity index (χ0) is 15.5. The van der Waals surface area contributed by atoms with Crippen LogP contribution in [0.15, 0.2) is 22.7 Å². The Bertz CT molecular complexity index is 465. The van der Waals surface area contributed by atoms with Gasteiger partial charge in [0.1, 0.15) is 0 Å². The van der Waals surface area contributed by atoms with Gasteiger partial charge in [-0.05, 0) is 65.7 Å². The summed E-state index contributed by atoms with van der Waals surface area (Å²) in [5, 5.41) is 3.38. The van der Waals surface area contributed by atoms with E-state index in [1.165, 1.54) is 31.7 Å². The lowest BCUT2D eigenvalue weighted by molar-refractivity contribution is -0.137. The minimum absolute atomic E-state index is 0.367. The molecule has 0 unspecified atom stereocenters. The first-order chi connectivity index (χ1) is 9.90. The molecule has 0 radical (unpaired) electrons. The quantitative estimate of drug-likeness (QED) is 0.667. The summed E-state index contributed by atoms with van der Waals surface area (Å²) in [5.41, 5.74) is 0.133. The van der Waals surface area contributed by atoms with Crippen LogP contribution in [-0.2, 0) is 6.18 Å².